The van der Waals surface area contributed by atoms with Gasteiger partial charge in [0.2, 0.25) is 0 Å². The predicted octanol–water partition coefficient (Wildman–Crippen LogP) is 3.02. The third-order valence-electron chi connectivity index (χ3n) is 3.57. The number of rotatable bonds is 2. The van der Waals surface area contributed by atoms with Crippen molar-refractivity contribution in [3.05, 3.63) is 47.0 Å². The Morgan fingerprint density at radius 3 is 2.83 bits per heavy atom. The topological polar surface area (TPSA) is 41.5 Å². The van der Waals surface area contributed by atoms with Crippen LogP contribution in [0.25, 0.3) is 0 Å². The zero-order valence-corrected chi connectivity index (χ0v) is 10.5. The molecule has 92 valence electrons. The lowest BCUT2D eigenvalue weighted by atomic mass is 9.74. The first-order valence-corrected chi connectivity index (χ1v) is 6.41. The van der Waals surface area contributed by atoms with E-state index in [4.69, 9.17) is 11.6 Å². The van der Waals surface area contributed by atoms with E-state index in [-0.39, 0.29) is 5.91 Å². The second-order valence-corrected chi connectivity index (χ2v) is 5.13. The molecule has 1 N–H and O–H groups in total. The zero-order chi connectivity index (χ0) is 12.5. The van der Waals surface area contributed by atoms with Gasteiger partial charge in [0.25, 0.3) is 5.91 Å². The largest absolute Gasteiger partial charge is 0.271 e. The Balaban J connectivity index is 1.62. The summed E-state index contributed by atoms with van der Waals surface area (Å²) in [7, 11) is 0. The summed E-state index contributed by atoms with van der Waals surface area (Å²) in [4.78, 5) is 11.8. The Morgan fingerprint density at radius 2 is 2.11 bits per heavy atom. The molecule has 1 fully saturated rings. The van der Waals surface area contributed by atoms with Crippen LogP contribution < -0.4 is 5.43 Å². The zero-order valence-electron chi connectivity index (χ0n) is 9.77. The molecule has 0 unspecified atom stereocenters. The summed E-state index contributed by atoms with van der Waals surface area (Å²) in [6.07, 6.45) is 6.46. The van der Waals surface area contributed by atoms with E-state index in [1.54, 1.807) is 24.3 Å². The van der Waals surface area contributed by atoms with Crippen LogP contribution in [-0.2, 0) is 0 Å². The molecule has 0 radical (unpaired) electrons. The van der Waals surface area contributed by atoms with Crippen molar-refractivity contribution in [1.29, 1.82) is 0 Å². The van der Waals surface area contributed by atoms with E-state index in [1.807, 2.05) is 0 Å². The Morgan fingerprint density at radius 1 is 1.33 bits per heavy atom. The Kier molecular flexibility index (Phi) is 2.92. The van der Waals surface area contributed by atoms with Crippen molar-refractivity contribution in [2.24, 2.45) is 16.9 Å². The summed E-state index contributed by atoms with van der Waals surface area (Å²) in [5.74, 6) is 0.986. The molecule has 2 aliphatic rings. The predicted molar refractivity (Wildman–Crippen MR) is 71.7 cm³/mol. The van der Waals surface area contributed by atoms with Crippen LogP contribution >= 0.6 is 11.6 Å². The fourth-order valence-electron chi connectivity index (χ4n) is 2.45. The van der Waals surface area contributed by atoms with E-state index in [2.05, 4.69) is 22.7 Å². The number of hydrogen-bond acceptors (Lipinski definition) is 2. The second-order valence-electron chi connectivity index (χ2n) is 4.69. The molecule has 0 heterocycles. The molecule has 1 amide bonds. The molecule has 1 aromatic rings. The monoisotopic (exact) mass is 260 g/mol. The van der Waals surface area contributed by atoms with Gasteiger partial charge in [-0.1, -0.05) is 23.8 Å². The molecule has 0 bridgehead atoms. The van der Waals surface area contributed by atoms with Gasteiger partial charge in [0.05, 0.1) is 0 Å². The van der Waals surface area contributed by atoms with Gasteiger partial charge in [-0.15, -0.1) is 0 Å². The number of amides is 1. The van der Waals surface area contributed by atoms with Crippen LogP contribution in [-0.4, -0.2) is 11.6 Å². The van der Waals surface area contributed by atoms with Crippen molar-refractivity contribution >= 4 is 23.2 Å². The molecule has 1 saturated carbocycles. The van der Waals surface area contributed by atoms with Crippen LogP contribution in [0.3, 0.4) is 0 Å². The van der Waals surface area contributed by atoms with Gasteiger partial charge in [-0.2, -0.15) is 5.10 Å². The molecule has 3 nitrogen and oxygen atoms in total. The Bertz CT molecular complexity index is 533. The highest BCUT2D eigenvalue weighted by Crippen LogP contribution is 2.40. The maximum absolute atomic E-state index is 11.8. The summed E-state index contributed by atoms with van der Waals surface area (Å²) in [5.41, 5.74) is 4.29. The number of allylic oxidation sites excluding steroid dienone is 2. The minimum absolute atomic E-state index is 0.187. The number of benzene rings is 1. The molecule has 4 heteroatoms. The maximum Gasteiger partial charge on any atom is 0.271 e. The smallest absolute Gasteiger partial charge is 0.267 e. The molecular weight excluding hydrogens is 248 g/mol. The van der Waals surface area contributed by atoms with E-state index in [0.29, 0.717) is 22.4 Å². The molecule has 2 atom stereocenters. The Hall–Kier alpha value is -1.61. The number of hydrazone groups is 1. The van der Waals surface area contributed by atoms with E-state index in [1.165, 1.54) is 0 Å². The van der Waals surface area contributed by atoms with Crippen molar-refractivity contribution in [3.63, 3.8) is 0 Å². The fourth-order valence-corrected chi connectivity index (χ4v) is 2.58. The fraction of sp³-hybridized carbons (Fsp3) is 0.286. The first kappa shape index (κ1) is 11.5. The lowest BCUT2D eigenvalue weighted by Gasteiger charge is -2.31. The summed E-state index contributed by atoms with van der Waals surface area (Å²) in [6.45, 7) is 0. The number of fused-ring (bicyclic) bond motifs is 1. The third kappa shape index (κ3) is 2.06. The third-order valence-corrected chi connectivity index (χ3v) is 3.82. The minimum Gasteiger partial charge on any atom is -0.267 e. The van der Waals surface area contributed by atoms with E-state index in [0.717, 1.165) is 18.6 Å². The van der Waals surface area contributed by atoms with Crippen LogP contribution in [0.1, 0.15) is 23.2 Å². The lowest BCUT2D eigenvalue weighted by molar-refractivity contribution is 0.0954. The highest BCUT2D eigenvalue weighted by molar-refractivity contribution is 6.30. The molecule has 0 spiro atoms. The summed E-state index contributed by atoms with van der Waals surface area (Å²) in [5, 5.41) is 4.84. The van der Waals surface area contributed by atoms with Crippen LogP contribution in [0.5, 0.6) is 0 Å². The van der Waals surface area contributed by atoms with Gasteiger partial charge in [0, 0.05) is 22.2 Å². The van der Waals surface area contributed by atoms with Crippen molar-refractivity contribution in [3.8, 4) is 0 Å². The number of nitrogens with zero attached hydrogens (tertiary/aromatic N) is 1. The highest BCUT2D eigenvalue weighted by atomic mass is 35.5. The number of halogens is 1. The van der Waals surface area contributed by atoms with Crippen molar-refractivity contribution in [2.45, 2.75) is 12.8 Å². The molecule has 0 aliphatic heterocycles. The molecule has 3 rings (SSSR count). The highest BCUT2D eigenvalue weighted by Gasteiger charge is 2.37. The maximum atomic E-state index is 11.8. The van der Waals surface area contributed by atoms with Crippen molar-refractivity contribution in [1.82, 2.24) is 5.43 Å². The summed E-state index contributed by atoms with van der Waals surface area (Å²) >= 11 is 5.77. The van der Waals surface area contributed by atoms with E-state index in [9.17, 15) is 4.79 Å². The second kappa shape index (κ2) is 4.58. The normalized spacial score (nSPS) is 26.8. The number of carbonyl (C=O) groups is 1. The molecular formula is C14H13ClN2O. The van der Waals surface area contributed by atoms with Crippen LogP contribution in [0.4, 0.5) is 0 Å². The first-order valence-electron chi connectivity index (χ1n) is 6.03. The molecule has 2 aliphatic carbocycles. The van der Waals surface area contributed by atoms with Crippen LogP contribution in [0, 0.1) is 11.8 Å². The molecule has 18 heavy (non-hydrogen) atoms. The molecule has 0 aromatic heterocycles. The summed E-state index contributed by atoms with van der Waals surface area (Å²) in [6, 6.07) is 6.78. The van der Waals surface area contributed by atoms with Crippen molar-refractivity contribution < 1.29 is 4.79 Å². The number of hydrogen-bond donors (Lipinski definition) is 1. The minimum atomic E-state index is -0.187. The average molecular weight is 261 g/mol. The molecule has 1 aromatic carbocycles. The quantitative estimate of drug-likeness (QED) is 0.645. The van der Waals surface area contributed by atoms with Gasteiger partial charge >= 0.3 is 0 Å². The molecule has 0 saturated heterocycles. The van der Waals surface area contributed by atoms with Gasteiger partial charge in [0.15, 0.2) is 0 Å². The van der Waals surface area contributed by atoms with Gasteiger partial charge < -0.3 is 0 Å². The first-order chi connectivity index (χ1) is 8.74. The Labute approximate surface area is 111 Å². The standard InChI is InChI=1S/C14H13ClN2O/c15-11-6-4-9(5-7-11)14(18)17-16-13-8-10-2-1-3-12(10)13/h1-2,4-7,10,12H,3,8H2,(H,17,18)/b16-13-/t10-,12+/m0/s1. The van der Waals surface area contributed by atoms with E-state index >= 15 is 0 Å². The number of carbonyl (C=O) groups excluding carboxylic acids is 1. The van der Waals surface area contributed by atoms with Gasteiger partial charge in [-0.25, -0.2) is 5.43 Å². The van der Waals surface area contributed by atoms with Crippen molar-refractivity contribution in [2.75, 3.05) is 0 Å². The van der Waals surface area contributed by atoms with Gasteiger partial charge in [-0.05, 0) is 43.0 Å². The van der Waals surface area contributed by atoms with Gasteiger partial charge in [0.1, 0.15) is 0 Å². The number of nitrogens with one attached hydrogen (secondary N) is 1. The summed E-state index contributed by atoms with van der Waals surface area (Å²) < 4.78 is 0. The SMILES string of the molecule is O=C(N/N=C1/C[C@@H]2C=CC[C@@H]12)c1ccc(Cl)cc1. The van der Waals surface area contributed by atoms with Crippen LogP contribution in [0.15, 0.2) is 41.5 Å². The van der Waals surface area contributed by atoms with E-state index < -0.39 is 0 Å². The lowest BCUT2D eigenvalue weighted by Crippen LogP contribution is -2.35. The average Bonchev–Trinajstić information content (AvgIpc) is 2.72. The van der Waals surface area contributed by atoms with Gasteiger partial charge in [-0.3, -0.25) is 4.79 Å². The van der Waals surface area contributed by atoms with Crippen LogP contribution in [0.2, 0.25) is 5.02 Å².